The maximum atomic E-state index is 6.33. The van der Waals surface area contributed by atoms with Gasteiger partial charge in [-0.3, -0.25) is 4.90 Å². The third-order valence-corrected chi connectivity index (χ3v) is 5.43. The molecular formula is C21H24ClN5. The Morgan fingerprint density at radius 3 is 2.37 bits per heavy atom. The van der Waals surface area contributed by atoms with E-state index in [-0.39, 0.29) is 0 Å². The summed E-state index contributed by atoms with van der Waals surface area (Å²) < 4.78 is 1.96. The number of benzene rings is 2. The fourth-order valence-electron chi connectivity index (χ4n) is 3.61. The SMILES string of the molecule is Clc1ccccc1-c1cnnn1CCCN1CCN(c2ccccc2)CC1. The van der Waals surface area contributed by atoms with Crippen molar-refractivity contribution in [1.82, 2.24) is 19.9 Å². The van der Waals surface area contributed by atoms with Crippen LogP contribution in [0.2, 0.25) is 5.02 Å². The molecule has 1 fully saturated rings. The van der Waals surface area contributed by atoms with Crippen molar-refractivity contribution in [2.24, 2.45) is 0 Å². The molecule has 140 valence electrons. The standard InChI is InChI=1S/C21H24ClN5/c22-20-10-5-4-9-19(20)21-17-23-24-27(21)12-6-11-25-13-15-26(16-14-25)18-7-2-1-3-8-18/h1-5,7-10,17H,6,11-16H2. The second-order valence-electron chi connectivity index (χ2n) is 6.84. The van der Waals surface area contributed by atoms with Gasteiger partial charge in [0.25, 0.3) is 0 Å². The van der Waals surface area contributed by atoms with E-state index < -0.39 is 0 Å². The summed E-state index contributed by atoms with van der Waals surface area (Å²) in [5.74, 6) is 0. The van der Waals surface area contributed by atoms with E-state index in [1.807, 2.05) is 28.9 Å². The van der Waals surface area contributed by atoms with Gasteiger partial charge in [0.05, 0.1) is 16.9 Å². The molecule has 27 heavy (non-hydrogen) atoms. The Labute approximate surface area is 165 Å². The van der Waals surface area contributed by atoms with Crippen LogP contribution in [0.5, 0.6) is 0 Å². The lowest BCUT2D eigenvalue weighted by molar-refractivity contribution is 0.249. The number of hydrogen-bond acceptors (Lipinski definition) is 4. The second-order valence-corrected chi connectivity index (χ2v) is 7.25. The van der Waals surface area contributed by atoms with Gasteiger partial charge in [-0.15, -0.1) is 5.10 Å². The molecule has 6 heteroatoms. The number of rotatable bonds is 6. The predicted octanol–water partition coefficient (Wildman–Crippen LogP) is 3.81. The molecule has 0 amide bonds. The minimum atomic E-state index is 0.734. The highest BCUT2D eigenvalue weighted by Gasteiger charge is 2.17. The zero-order chi connectivity index (χ0) is 18.5. The van der Waals surface area contributed by atoms with Crippen LogP contribution in [-0.2, 0) is 6.54 Å². The number of para-hydroxylation sites is 1. The topological polar surface area (TPSA) is 37.2 Å². The molecule has 0 saturated carbocycles. The van der Waals surface area contributed by atoms with Crippen molar-refractivity contribution >= 4 is 17.3 Å². The highest BCUT2D eigenvalue weighted by molar-refractivity contribution is 6.33. The molecule has 4 rings (SSSR count). The average Bonchev–Trinajstić information content (AvgIpc) is 3.18. The van der Waals surface area contributed by atoms with Crippen LogP contribution in [0.25, 0.3) is 11.3 Å². The lowest BCUT2D eigenvalue weighted by Crippen LogP contribution is -2.46. The Morgan fingerprint density at radius 2 is 1.59 bits per heavy atom. The highest BCUT2D eigenvalue weighted by Crippen LogP contribution is 2.26. The Hall–Kier alpha value is -2.37. The molecule has 0 aliphatic carbocycles. The Balaban J connectivity index is 1.28. The van der Waals surface area contributed by atoms with Crippen LogP contribution >= 0.6 is 11.6 Å². The largest absolute Gasteiger partial charge is 0.369 e. The summed E-state index contributed by atoms with van der Waals surface area (Å²) in [6.45, 7) is 6.29. The van der Waals surface area contributed by atoms with Gasteiger partial charge >= 0.3 is 0 Å². The molecule has 2 aromatic carbocycles. The smallest absolute Gasteiger partial charge is 0.0900 e. The van der Waals surface area contributed by atoms with Crippen LogP contribution in [0, 0.1) is 0 Å². The Kier molecular flexibility index (Phi) is 5.70. The first kappa shape index (κ1) is 18.0. The van der Waals surface area contributed by atoms with Gasteiger partial charge in [0.2, 0.25) is 0 Å². The van der Waals surface area contributed by atoms with Gasteiger partial charge in [0, 0.05) is 50.5 Å². The summed E-state index contributed by atoms with van der Waals surface area (Å²) in [6, 6.07) is 18.5. The van der Waals surface area contributed by atoms with Crippen LogP contribution in [0.4, 0.5) is 5.69 Å². The van der Waals surface area contributed by atoms with Crippen molar-refractivity contribution in [3.05, 3.63) is 65.8 Å². The van der Waals surface area contributed by atoms with Crippen molar-refractivity contribution in [2.75, 3.05) is 37.6 Å². The molecule has 0 bridgehead atoms. The van der Waals surface area contributed by atoms with E-state index >= 15 is 0 Å². The summed E-state index contributed by atoms with van der Waals surface area (Å²) >= 11 is 6.33. The lowest BCUT2D eigenvalue weighted by atomic mass is 10.1. The van der Waals surface area contributed by atoms with Gasteiger partial charge in [0.15, 0.2) is 0 Å². The fraction of sp³-hybridized carbons (Fsp3) is 0.333. The number of aryl methyl sites for hydroxylation is 1. The molecule has 3 aromatic rings. The van der Waals surface area contributed by atoms with E-state index in [0.717, 1.165) is 62.0 Å². The monoisotopic (exact) mass is 381 g/mol. The van der Waals surface area contributed by atoms with Gasteiger partial charge < -0.3 is 4.90 Å². The summed E-state index contributed by atoms with van der Waals surface area (Å²) in [4.78, 5) is 5.00. The van der Waals surface area contributed by atoms with E-state index in [1.54, 1.807) is 6.20 Å². The maximum absolute atomic E-state index is 6.33. The van der Waals surface area contributed by atoms with Crippen LogP contribution in [0.3, 0.4) is 0 Å². The fourth-order valence-corrected chi connectivity index (χ4v) is 3.85. The zero-order valence-electron chi connectivity index (χ0n) is 15.3. The molecule has 1 saturated heterocycles. The van der Waals surface area contributed by atoms with Crippen molar-refractivity contribution in [3.8, 4) is 11.3 Å². The Morgan fingerprint density at radius 1 is 0.852 bits per heavy atom. The number of anilines is 1. The van der Waals surface area contributed by atoms with Crippen molar-refractivity contribution in [3.63, 3.8) is 0 Å². The van der Waals surface area contributed by atoms with E-state index in [9.17, 15) is 0 Å². The Bertz CT molecular complexity index is 856. The molecule has 0 radical (unpaired) electrons. The number of aromatic nitrogens is 3. The molecule has 1 aliphatic heterocycles. The van der Waals surface area contributed by atoms with Crippen molar-refractivity contribution < 1.29 is 0 Å². The van der Waals surface area contributed by atoms with E-state index in [0.29, 0.717) is 0 Å². The first-order valence-electron chi connectivity index (χ1n) is 9.47. The first-order valence-corrected chi connectivity index (χ1v) is 9.85. The lowest BCUT2D eigenvalue weighted by Gasteiger charge is -2.36. The summed E-state index contributed by atoms with van der Waals surface area (Å²) in [6.07, 6.45) is 2.84. The number of piperazine rings is 1. The van der Waals surface area contributed by atoms with Crippen molar-refractivity contribution in [2.45, 2.75) is 13.0 Å². The van der Waals surface area contributed by atoms with Crippen LogP contribution in [-0.4, -0.2) is 52.6 Å². The molecule has 0 atom stereocenters. The molecule has 1 aliphatic rings. The summed E-state index contributed by atoms with van der Waals surface area (Å²) in [5, 5.41) is 9.07. The van der Waals surface area contributed by atoms with Crippen LogP contribution in [0.15, 0.2) is 60.8 Å². The third kappa shape index (κ3) is 4.31. The summed E-state index contributed by atoms with van der Waals surface area (Å²) in [5.41, 5.74) is 3.29. The molecule has 2 heterocycles. The quantitative estimate of drug-likeness (QED) is 0.650. The highest BCUT2D eigenvalue weighted by atomic mass is 35.5. The minimum Gasteiger partial charge on any atom is -0.369 e. The average molecular weight is 382 g/mol. The predicted molar refractivity (Wildman–Crippen MR) is 110 cm³/mol. The zero-order valence-corrected chi connectivity index (χ0v) is 16.1. The van der Waals surface area contributed by atoms with Crippen molar-refractivity contribution in [1.29, 1.82) is 0 Å². The van der Waals surface area contributed by atoms with Crippen LogP contribution in [0.1, 0.15) is 6.42 Å². The van der Waals surface area contributed by atoms with Gasteiger partial charge in [-0.1, -0.05) is 53.2 Å². The van der Waals surface area contributed by atoms with Gasteiger partial charge in [0.1, 0.15) is 0 Å². The molecule has 0 unspecified atom stereocenters. The third-order valence-electron chi connectivity index (χ3n) is 5.11. The molecule has 0 spiro atoms. The second kappa shape index (κ2) is 8.55. The van der Waals surface area contributed by atoms with Crippen LogP contribution < -0.4 is 4.90 Å². The van der Waals surface area contributed by atoms with E-state index in [2.05, 4.69) is 50.4 Å². The normalized spacial score (nSPS) is 15.2. The summed E-state index contributed by atoms with van der Waals surface area (Å²) in [7, 11) is 0. The van der Waals surface area contributed by atoms with Gasteiger partial charge in [-0.2, -0.15) is 0 Å². The van der Waals surface area contributed by atoms with Gasteiger partial charge in [-0.25, -0.2) is 4.68 Å². The molecule has 0 N–H and O–H groups in total. The minimum absolute atomic E-state index is 0.734. The number of nitrogens with zero attached hydrogens (tertiary/aromatic N) is 5. The van der Waals surface area contributed by atoms with E-state index in [1.165, 1.54) is 5.69 Å². The van der Waals surface area contributed by atoms with Gasteiger partial charge in [-0.05, 0) is 24.6 Å². The maximum Gasteiger partial charge on any atom is 0.0900 e. The molecule has 5 nitrogen and oxygen atoms in total. The molecule has 1 aromatic heterocycles. The number of halogens is 1. The molecular weight excluding hydrogens is 358 g/mol. The number of hydrogen-bond donors (Lipinski definition) is 0. The first-order chi connectivity index (χ1) is 13.3. The van der Waals surface area contributed by atoms with E-state index in [4.69, 9.17) is 11.6 Å².